The Labute approximate surface area is 89.4 Å². The van der Waals surface area contributed by atoms with Gasteiger partial charge in [0.1, 0.15) is 0 Å². The van der Waals surface area contributed by atoms with E-state index in [0.29, 0.717) is 0 Å². The topological polar surface area (TPSA) is 0 Å². The summed E-state index contributed by atoms with van der Waals surface area (Å²) in [6.07, 6.45) is 16.9. The summed E-state index contributed by atoms with van der Waals surface area (Å²) in [5, 5.41) is 0. The minimum absolute atomic E-state index is 1.15. The molecule has 0 aliphatic rings. The van der Waals surface area contributed by atoms with Gasteiger partial charge in [-0.25, -0.2) is 0 Å². The molecule has 0 aliphatic heterocycles. The SMILES string of the molecule is C=C=CCCCCCCC=CCCC. The van der Waals surface area contributed by atoms with Crippen LogP contribution >= 0.6 is 0 Å². The first-order chi connectivity index (χ1) is 6.91. The molecule has 0 rings (SSSR count). The van der Waals surface area contributed by atoms with Crippen molar-refractivity contribution in [3.8, 4) is 0 Å². The van der Waals surface area contributed by atoms with E-state index in [1.54, 1.807) is 0 Å². The maximum absolute atomic E-state index is 3.55. The van der Waals surface area contributed by atoms with Gasteiger partial charge in [-0.1, -0.05) is 44.9 Å². The molecule has 0 aliphatic carbocycles. The monoisotopic (exact) mass is 192 g/mol. The van der Waals surface area contributed by atoms with Gasteiger partial charge < -0.3 is 0 Å². The number of rotatable bonds is 9. The van der Waals surface area contributed by atoms with Crippen LogP contribution in [0.3, 0.4) is 0 Å². The third kappa shape index (κ3) is 11.3. The molecule has 0 aromatic rings. The fourth-order valence-corrected chi connectivity index (χ4v) is 1.37. The molecule has 0 amide bonds. The van der Waals surface area contributed by atoms with Crippen LogP contribution in [-0.4, -0.2) is 0 Å². The second kappa shape index (κ2) is 12.3. The molecule has 0 N–H and O–H groups in total. The zero-order chi connectivity index (χ0) is 10.5. The zero-order valence-corrected chi connectivity index (χ0v) is 9.60. The summed E-state index contributed by atoms with van der Waals surface area (Å²) in [7, 11) is 0. The van der Waals surface area contributed by atoms with Crippen LogP contribution < -0.4 is 0 Å². The Morgan fingerprint density at radius 1 is 0.929 bits per heavy atom. The lowest BCUT2D eigenvalue weighted by atomic mass is 10.1. The van der Waals surface area contributed by atoms with Crippen LogP contribution in [0.1, 0.15) is 58.3 Å². The third-order valence-corrected chi connectivity index (χ3v) is 2.24. The van der Waals surface area contributed by atoms with Crippen LogP contribution in [-0.2, 0) is 0 Å². The fraction of sp³-hybridized carbons (Fsp3) is 0.643. The lowest BCUT2D eigenvalue weighted by molar-refractivity contribution is 0.652. The molecule has 0 radical (unpaired) electrons. The van der Waals surface area contributed by atoms with E-state index in [-0.39, 0.29) is 0 Å². The van der Waals surface area contributed by atoms with E-state index in [1.807, 2.05) is 6.08 Å². The van der Waals surface area contributed by atoms with Crippen molar-refractivity contribution in [2.75, 3.05) is 0 Å². The normalized spacial score (nSPS) is 10.4. The summed E-state index contributed by atoms with van der Waals surface area (Å²) in [5.74, 6) is 0. The second-order valence-corrected chi connectivity index (χ2v) is 3.66. The van der Waals surface area contributed by atoms with Gasteiger partial charge in [-0.05, 0) is 38.2 Å². The van der Waals surface area contributed by atoms with Crippen LogP contribution in [0.5, 0.6) is 0 Å². The summed E-state index contributed by atoms with van der Waals surface area (Å²) in [6, 6.07) is 0. The van der Waals surface area contributed by atoms with Gasteiger partial charge in [-0.2, -0.15) is 0 Å². The molecule has 0 spiro atoms. The summed E-state index contributed by atoms with van der Waals surface area (Å²) in [4.78, 5) is 0. The summed E-state index contributed by atoms with van der Waals surface area (Å²) >= 11 is 0. The Bertz CT molecular complexity index is 170. The molecule has 0 atom stereocenters. The molecule has 0 heteroatoms. The van der Waals surface area contributed by atoms with Crippen molar-refractivity contribution in [2.45, 2.75) is 58.3 Å². The van der Waals surface area contributed by atoms with E-state index in [4.69, 9.17) is 0 Å². The highest BCUT2D eigenvalue weighted by atomic mass is 13.9. The van der Waals surface area contributed by atoms with E-state index in [2.05, 4.69) is 31.4 Å². The number of unbranched alkanes of at least 4 members (excludes halogenated alkanes) is 6. The number of hydrogen-bond acceptors (Lipinski definition) is 0. The van der Waals surface area contributed by atoms with Crippen LogP contribution in [0.2, 0.25) is 0 Å². The lowest BCUT2D eigenvalue weighted by Crippen LogP contribution is -1.76. The second-order valence-electron chi connectivity index (χ2n) is 3.66. The van der Waals surface area contributed by atoms with Crippen LogP contribution in [0.15, 0.2) is 30.5 Å². The van der Waals surface area contributed by atoms with E-state index < -0.39 is 0 Å². The Morgan fingerprint density at radius 3 is 2.21 bits per heavy atom. The van der Waals surface area contributed by atoms with Crippen LogP contribution in [0, 0.1) is 0 Å². The lowest BCUT2D eigenvalue weighted by Gasteiger charge is -1.96. The van der Waals surface area contributed by atoms with Crippen molar-refractivity contribution < 1.29 is 0 Å². The van der Waals surface area contributed by atoms with Gasteiger partial charge in [0.05, 0.1) is 0 Å². The van der Waals surface area contributed by atoms with E-state index in [9.17, 15) is 0 Å². The van der Waals surface area contributed by atoms with Gasteiger partial charge in [0.25, 0.3) is 0 Å². The molecule has 0 bridgehead atoms. The van der Waals surface area contributed by atoms with Gasteiger partial charge in [0.2, 0.25) is 0 Å². The zero-order valence-electron chi connectivity index (χ0n) is 9.60. The van der Waals surface area contributed by atoms with E-state index in [0.717, 1.165) is 6.42 Å². The van der Waals surface area contributed by atoms with Crippen LogP contribution in [0.25, 0.3) is 0 Å². The maximum Gasteiger partial charge on any atom is -0.0275 e. The Hall–Kier alpha value is -0.740. The molecule has 0 aromatic heterocycles. The van der Waals surface area contributed by atoms with Crippen molar-refractivity contribution in [1.82, 2.24) is 0 Å². The molecule has 80 valence electrons. The van der Waals surface area contributed by atoms with Crippen LogP contribution in [0.4, 0.5) is 0 Å². The van der Waals surface area contributed by atoms with Gasteiger partial charge in [-0.3, -0.25) is 0 Å². The minimum Gasteiger partial charge on any atom is -0.133 e. The van der Waals surface area contributed by atoms with Crippen molar-refractivity contribution in [3.63, 3.8) is 0 Å². The van der Waals surface area contributed by atoms with Gasteiger partial charge in [-0.15, -0.1) is 5.73 Å². The van der Waals surface area contributed by atoms with Gasteiger partial charge in [0.15, 0.2) is 0 Å². The Balaban J connectivity index is 3.02. The summed E-state index contributed by atoms with van der Waals surface area (Å²) in [6.45, 7) is 5.77. The van der Waals surface area contributed by atoms with E-state index >= 15 is 0 Å². The highest BCUT2D eigenvalue weighted by molar-refractivity contribution is 4.80. The Morgan fingerprint density at radius 2 is 1.57 bits per heavy atom. The van der Waals surface area contributed by atoms with Crippen molar-refractivity contribution in [2.24, 2.45) is 0 Å². The smallest absolute Gasteiger partial charge is 0.0275 e. The minimum atomic E-state index is 1.15. The molecule has 0 saturated heterocycles. The quantitative estimate of drug-likeness (QED) is 0.273. The van der Waals surface area contributed by atoms with E-state index in [1.165, 1.54) is 44.9 Å². The predicted octanol–water partition coefficient (Wildman–Crippen LogP) is 5.02. The molecule has 0 unspecified atom stereocenters. The number of allylic oxidation sites excluding steroid dienone is 3. The molecule has 0 aromatic carbocycles. The highest BCUT2D eigenvalue weighted by Gasteiger charge is 1.86. The molecular weight excluding hydrogens is 168 g/mol. The predicted molar refractivity (Wildman–Crippen MR) is 65.5 cm³/mol. The average molecular weight is 192 g/mol. The molecule has 0 nitrogen and oxygen atoms in total. The molecule has 0 fully saturated rings. The fourth-order valence-electron chi connectivity index (χ4n) is 1.37. The first kappa shape index (κ1) is 13.3. The number of hydrogen-bond donors (Lipinski definition) is 0. The molecule has 0 saturated carbocycles. The largest absolute Gasteiger partial charge is 0.133 e. The first-order valence-corrected chi connectivity index (χ1v) is 5.91. The van der Waals surface area contributed by atoms with Crippen molar-refractivity contribution in [3.05, 3.63) is 30.5 Å². The van der Waals surface area contributed by atoms with Crippen molar-refractivity contribution >= 4 is 0 Å². The first-order valence-electron chi connectivity index (χ1n) is 5.91. The summed E-state index contributed by atoms with van der Waals surface area (Å²) < 4.78 is 0. The third-order valence-electron chi connectivity index (χ3n) is 2.24. The maximum atomic E-state index is 3.55. The molecule has 14 heavy (non-hydrogen) atoms. The van der Waals surface area contributed by atoms with Gasteiger partial charge in [0, 0.05) is 0 Å². The summed E-state index contributed by atoms with van der Waals surface area (Å²) in [5.41, 5.74) is 2.81. The standard InChI is InChI=1S/C14H24/c1-3-5-7-9-11-13-14-12-10-8-6-4-2/h5,8,10H,1,4,6-7,9,11-14H2,2H3. The Kier molecular flexibility index (Phi) is 11.6. The molecular formula is C14H24. The average Bonchev–Trinajstić information content (AvgIpc) is 2.21. The van der Waals surface area contributed by atoms with Gasteiger partial charge >= 0.3 is 0 Å². The molecule has 0 heterocycles. The van der Waals surface area contributed by atoms with Crippen molar-refractivity contribution in [1.29, 1.82) is 0 Å². The highest BCUT2D eigenvalue weighted by Crippen LogP contribution is 2.06.